The SMILES string of the molecule is Cc1nnc(-c2ccc(CNC(=O)CCOCCOCCOCCOCCOCCOCCOCCOCCC(=O)O)cc2)nn1. The van der Waals surface area contributed by atoms with Crippen LogP contribution in [0.25, 0.3) is 11.4 Å². The van der Waals surface area contributed by atoms with Gasteiger partial charge in [0.25, 0.3) is 0 Å². The first-order valence-electron chi connectivity index (χ1n) is 15.3. The number of rotatable bonds is 30. The van der Waals surface area contributed by atoms with Crippen LogP contribution in [0.2, 0.25) is 0 Å². The zero-order valence-electron chi connectivity index (χ0n) is 26.6. The highest BCUT2D eigenvalue weighted by molar-refractivity contribution is 5.76. The summed E-state index contributed by atoms with van der Waals surface area (Å²) in [6.07, 6.45) is 0.257. The number of aromatic nitrogens is 4. The molecule has 16 nitrogen and oxygen atoms in total. The van der Waals surface area contributed by atoms with Crippen LogP contribution in [0, 0.1) is 6.92 Å². The van der Waals surface area contributed by atoms with Crippen LogP contribution in [0.1, 0.15) is 24.2 Å². The Morgan fingerprint density at radius 1 is 0.565 bits per heavy atom. The van der Waals surface area contributed by atoms with Crippen molar-refractivity contribution in [2.75, 3.05) is 106 Å². The predicted octanol–water partition coefficient (Wildman–Crippen LogP) is 0.856. The van der Waals surface area contributed by atoms with Crippen LogP contribution < -0.4 is 5.32 Å². The number of benzene rings is 1. The molecule has 46 heavy (non-hydrogen) atoms. The molecule has 0 spiro atoms. The van der Waals surface area contributed by atoms with E-state index in [0.717, 1.165) is 11.1 Å². The van der Waals surface area contributed by atoms with E-state index >= 15 is 0 Å². The van der Waals surface area contributed by atoms with E-state index in [1.807, 2.05) is 24.3 Å². The summed E-state index contributed by atoms with van der Waals surface area (Å²) in [4.78, 5) is 22.4. The molecule has 16 heteroatoms. The van der Waals surface area contributed by atoms with Gasteiger partial charge in [-0.25, -0.2) is 0 Å². The minimum Gasteiger partial charge on any atom is -0.481 e. The molecule has 0 aliphatic heterocycles. The van der Waals surface area contributed by atoms with Gasteiger partial charge >= 0.3 is 5.97 Å². The zero-order valence-corrected chi connectivity index (χ0v) is 26.6. The number of nitrogens with zero attached hydrogens (tertiary/aromatic N) is 4. The van der Waals surface area contributed by atoms with Crippen molar-refractivity contribution >= 4 is 11.9 Å². The first kappa shape index (κ1) is 39.0. The van der Waals surface area contributed by atoms with Gasteiger partial charge in [-0.1, -0.05) is 24.3 Å². The van der Waals surface area contributed by atoms with E-state index < -0.39 is 5.97 Å². The third-order valence-corrected chi connectivity index (χ3v) is 5.82. The number of carbonyl (C=O) groups excluding carboxylic acids is 1. The van der Waals surface area contributed by atoms with Gasteiger partial charge in [-0.2, -0.15) is 0 Å². The van der Waals surface area contributed by atoms with E-state index in [9.17, 15) is 9.59 Å². The molecular formula is C30H47N5O11. The molecular weight excluding hydrogens is 606 g/mol. The topological polar surface area (TPSA) is 192 Å². The number of amides is 1. The Bertz CT molecular complexity index is 1050. The third-order valence-electron chi connectivity index (χ3n) is 5.82. The van der Waals surface area contributed by atoms with Crippen LogP contribution in [0.3, 0.4) is 0 Å². The summed E-state index contributed by atoms with van der Waals surface area (Å²) in [7, 11) is 0. The van der Waals surface area contributed by atoms with E-state index in [1.54, 1.807) is 6.92 Å². The van der Waals surface area contributed by atoms with Crippen molar-refractivity contribution in [3.05, 3.63) is 35.7 Å². The summed E-state index contributed by atoms with van der Waals surface area (Å²) in [6.45, 7) is 8.78. The molecule has 0 aliphatic carbocycles. The number of nitrogens with one attached hydrogen (secondary N) is 1. The number of carboxylic acids is 1. The van der Waals surface area contributed by atoms with Crippen molar-refractivity contribution in [1.29, 1.82) is 0 Å². The smallest absolute Gasteiger partial charge is 0.305 e. The number of carboxylic acid groups (broad SMARTS) is 1. The second-order valence-electron chi connectivity index (χ2n) is 9.54. The van der Waals surface area contributed by atoms with Crippen molar-refractivity contribution in [2.45, 2.75) is 26.3 Å². The van der Waals surface area contributed by atoms with Gasteiger partial charge in [0, 0.05) is 18.5 Å². The second kappa shape index (κ2) is 26.9. The monoisotopic (exact) mass is 653 g/mol. The molecule has 2 rings (SSSR count). The molecule has 0 radical (unpaired) electrons. The van der Waals surface area contributed by atoms with Gasteiger partial charge in [-0.15, -0.1) is 20.4 Å². The maximum Gasteiger partial charge on any atom is 0.305 e. The molecule has 0 bridgehead atoms. The van der Waals surface area contributed by atoms with Crippen molar-refractivity contribution in [3.63, 3.8) is 0 Å². The number of carbonyl (C=O) groups is 2. The molecule has 0 fully saturated rings. The van der Waals surface area contributed by atoms with E-state index in [4.69, 9.17) is 43.0 Å². The molecule has 1 aromatic heterocycles. The number of hydrogen-bond acceptors (Lipinski definition) is 14. The van der Waals surface area contributed by atoms with Crippen LogP contribution in [-0.4, -0.2) is 143 Å². The lowest BCUT2D eigenvalue weighted by Gasteiger charge is -2.09. The van der Waals surface area contributed by atoms with E-state index in [2.05, 4.69) is 25.7 Å². The molecule has 0 unspecified atom stereocenters. The van der Waals surface area contributed by atoms with Crippen LogP contribution in [0.4, 0.5) is 0 Å². The van der Waals surface area contributed by atoms with Crippen molar-refractivity contribution < 1.29 is 52.6 Å². The Kier molecular flexibility index (Phi) is 22.8. The second-order valence-corrected chi connectivity index (χ2v) is 9.54. The quantitative estimate of drug-likeness (QED) is 0.113. The Labute approximate surface area is 269 Å². The summed E-state index contributed by atoms with van der Waals surface area (Å²) in [5.41, 5.74) is 1.76. The molecule has 1 aromatic carbocycles. The number of hydrogen-bond donors (Lipinski definition) is 2. The third kappa shape index (κ3) is 21.5. The first-order valence-corrected chi connectivity index (χ1v) is 15.3. The molecule has 0 saturated heterocycles. The zero-order chi connectivity index (χ0) is 32.9. The minimum absolute atomic E-state index is 0.00846. The summed E-state index contributed by atoms with van der Waals surface area (Å²) in [5.74, 6) is -0.00374. The highest BCUT2D eigenvalue weighted by Gasteiger charge is 2.05. The number of aryl methyl sites for hydroxylation is 1. The Morgan fingerprint density at radius 2 is 0.935 bits per heavy atom. The average Bonchev–Trinajstić information content (AvgIpc) is 3.06. The molecule has 258 valence electrons. The Balaban J connectivity index is 1.25. The normalized spacial score (nSPS) is 11.2. The van der Waals surface area contributed by atoms with Crippen LogP contribution in [0.15, 0.2) is 24.3 Å². The fourth-order valence-corrected chi connectivity index (χ4v) is 3.42. The standard InChI is InChI=1S/C30H47N5O11/c1-25-32-34-30(35-33-25)27-4-2-26(3-5-27)24-31-28(36)6-8-39-10-12-41-14-16-43-18-20-45-22-23-46-21-19-44-17-15-42-13-11-40-9-7-29(37)38/h2-5H,6-24H2,1H3,(H,31,36)(H,37,38). The molecule has 1 amide bonds. The maximum absolute atomic E-state index is 12.1. The summed E-state index contributed by atoms with van der Waals surface area (Å²) < 4.78 is 43.1. The molecule has 0 aliphatic rings. The summed E-state index contributed by atoms with van der Waals surface area (Å²) in [5, 5.41) is 27.2. The Hall–Kier alpha value is -3.22. The van der Waals surface area contributed by atoms with Crippen LogP contribution in [0.5, 0.6) is 0 Å². The summed E-state index contributed by atoms with van der Waals surface area (Å²) in [6, 6.07) is 7.53. The van der Waals surface area contributed by atoms with Gasteiger partial charge in [-0.05, 0) is 12.5 Å². The molecule has 0 saturated carbocycles. The van der Waals surface area contributed by atoms with Crippen molar-refractivity contribution in [2.24, 2.45) is 0 Å². The van der Waals surface area contributed by atoms with Gasteiger partial charge in [0.05, 0.1) is 112 Å². The van der Waals surface area contributed by atoms with Gasteiger partial charge in [0.2, 0.25) is 11.7 Å². The largest absolute Gasteiger partial charge is 0.481 e. The predicted molar refractivity (Wildman–Crippen MR) is 163 cm³/mol. The first-order chi connectivity index (χ1) is 22.5. The molecule has 1 heterocycles. The molecule has 2 aromatic rings. The minimum atomic E-state index is -0.880. The van der Waals surface area contributed by atoms with E-state index in [-0.39, 0.29) is 25.4 Å². The van der Waals surface area contributed by atoms with Gasteiger partial charge in [0.1, 0.15) is 0 Å². The highest BCUT2D eigenvalue weighted by Crippen LogP contribution is 2.14. The van der Waals surface area contributed by atoms with E-state index in [1.165, 1.54) is 0 Å². The fourth-order valence-electron chi connectivity index (χ4n) is 3.42. The van der Waals surface area contributed by atoms with Gasteiger partial charge < -0.3 is 48.3 Å². The summed E-state index contributed by atoms with van der Waals surface area (Å²) >= 11 is 0. The van der Waals surface area contributed by atoms with Gasteiger partial charge in [-0.3, -0.25) is 9.59 Å². The molecule has 0 atom stereocenters. The lowest BCUT2D eigenvalue weighted by molar-refractivity contribution is -0.138. The van der Waals surface area contributed by atoms with E-state index in [0.29, 0.717) is 117 Å². The van der Waals surface area contributed by atoms with Crippen LogP contribution >= 0.6 is 0 Å². The van der Waals surface area contributed by atoms with Gasteiger partial charge in [0.15, 0.2) is 5.82 Å². The fraction of sp³-hybridized carbons (Fsp3) is 0.667. The van der Waals surface area contributed by atoms with Crippen LogP contribution in [-0.2, 0) is 54.0 Å². The number of aliphatic carboxylic acids is 1. The lowest BCUT2D eigenvalue weighted by atomic mass is 10.1. The maximum atomic E-state index is 12.1. The molecule has 2 N–H and O–H groups in total. The highest BCUT2D eigenvalue weighted by atomic mass is 16.6. The van der Waals surface area contributed by atoms with Crippen molar-refractivity contribution in [1.82, 2.24) is 25.7 Å². The lowest BCUT2D eigenvalue weighted by Crippen LogP contribution is -2.24. The van der Waals surface area contributed by atoms with Crippen molar-refractivity contribution in [3.8, 4) is 11.4 Å². The average molecular weight is 654 g/mol. The number of ether oxygens (including phenoxy) is 8. The Morgan fingerprint density at radius 3 is 1.33 bits per heavy atom.